The Kier molecular flexibility index (Phi) is 2.63. The molecule has 4 heteroatoms. The van der Waals surface area contributed by atoms with E-state index in [9.17, 15) is 0 Å². The predicted octanol–water partition coefficient (Wildman–Crippen LogP) is 2.73. The Bertz CT molecular complexity index is 419. The molecular formula is C10H10BrN3. The SMILES string of the molecule is CCn1cc(-c2ccc(Br)cn2)cn1. The van der Waals surface area contributed by atoms with Gasteiger partial charge in [0.15, 0.2) is 0 Å². The van der Waals surface area contributed by atoms with Gasteiger partial charge in [0.2, 0.25) is 0 Å². The first kappa shape index (κ1) is 9.40. The number of nitrogens with zero attached hydrogens (tertiary/aromatic N) is 3. The van der Waals surface area contributed by atoms with Crippen LogP contribution in [0.1, 0.15) is 6.92 Å². The maximum atomic E-state index is 4.30. The standard InChI is InChI=1S/C10H10BrN3/c1-2-14-7-8(5-13-14)10-4-3-9(11)6-12-10/h3-7H,2H2,1H3. The third kappa shape index (κ3) is 1.85. The van der Waals surface area contributed by atoms with Crippen LogP contribution in [-0.4, -0.2) is 14.8 Å². The zero-order valence-corrected chi connectivity index (χ0v) is 9.40. The van der Waals surface area contributed by atoms with Crippen molar-refractivity contribution in [1.82, 2.24) is 14.8 Å². The van der Waals surface area contributed by atoms with Crippen LogP contribution in [0.25, 0.3) is 11.3 Å². The molecule has 72 valence electrons. The number of aromatic nitrogens is 3. The van der Waals surface area contributed by atoms with Gasteiger partial charge in [-0.2, -0.15) is 5.10 Å². The molecule has 0 unspecified atom stereocenters. The van der Waals surface area contributed by atoms with Crippen molar-refractivity contribution in [2.75, 3.05) is 0 Å². The van der Waals surface area contributed by atoms with Gasteiger partial charge >= 0.3 is 0 Å². The van der Waals surface area contributed by atoms with Gasteiger partial charge in [-0.05, 0) is 35.0 Å². The number of pyridine rings is 1. The maximum absolute atomic E-state index is 4.30. The zero-order chi connectivity index (χ0) is 9.97. The summed E-state index contributed by atoms with van der Waals surface area (Å²) >= 11 is 3.35. The van der Waals surface area contributed by atoms with Gasteiger partial charge in [0.1, 0.15) is 0 Å². The van der Waals surface area contributed by atoms with Crippen molar-refractivity contribution in [3.8, 4) is 11.3 Å². The maximum Gasteiger partial charge on any atom is 0.0734 e. The summed E-state index contributed by atoms with van der Waals surface area (Å²) in [5.41, 5.74) is 2.01. The minimum absolute atomic E-state index is 0.885. The summed E-state index contributed by atoms with van der Waals surface area (Å²) in [6, 6.07) is 3.95. The Labute approximate surface area is 90.9 Å². The molecule has 0 spiro atoms. The highest BCUT2D eigenvalue weighted by Gasteiger charge is 2.01. The van der Waals surface area contributed by atoms with E-state index >= 15 is 0 Å². The molecule has 14 heavy (non-hydrogen) atoms. The van der Waals surface area contributed by atoms with E-state index < -0.39 is 0 Å². The molecule has 0 atom stereocenters. The second-order valence-electron chi connectivity index (χ2n) is 2.95. The highest BCUT2D eigenvalue weighted by molar-refractivity contribution is 9.10. The molecule has 0 aliphatic heterocycles. The molecule has 0 aliphatic carbocycles. The topological polar surface area (TPSA) is 30.7 Å². The second kappa shape index (κ2) is 3.92. The molecule has 2 rings (SSSR count). The molecule has 3 nitrogen and oxygen atoms in total. The highest BCUT2D eigenvalue weighted by Crippen LogP contribution is 2.17. The molecule has 0 amide bonds. The van der Waals surface area contributed by atoms with Crippen molar-refractivity contribution < 1.29 is 0 Å². The van der Waals surface area contributed by atoms with Crippen molar-refractivity contribution in [2.45, 2.75) is 13.5 Å². The van der Waals surface area contributed by atoms with Crippen LogP contribution in [0.15, 0.2) is 35.2 Å². The third-order valence-corrected chi connectivity index (χ3v) is 2.45. The van der Waals surface area contributed by atoms with Gasteiger partial charge < -0.3 is 0 Å². The number of hydrogen-bond acceptors (Lipinski definition) is 2. The Morgan fingerprint density at radius 3 is 2.79 bits per heavy atom. The lowest BCUT2D eigenvalue weighted by Gasteiger charge is -1.95. The Morgan fingerprint density at radius 2 is 2.21 bits per heavy atom. The molecule has 0 fully saturated rings. The molecule has 0 radical (unpaired) electrons. The van der Waals surface area contributed by atoms with Crippen molar-refractivity contribution >= 4 is 15.9 Å². The Morgan fingerprint density at radius 1 is 1.36 bits per heavy atom. The van der Waals surface area contributed by atoms with E-state index in [2.05, 4.69) is 32.9 Å². The van der Waals surface area contributed by atoms with Crippen LogP contribution in [0.4, 0.5) is 0 Å². The van der Waals surface area contributed by atoms with Crippen LogP contribution in [0.3, 0.4) is 0 Å². The fourth-order valence-corrected chi connectivity index (χ4v) is 1.45. The van der Waals surface area contributed by atoms with E-state index in [0.29, 0.717) is 0 Å². The molecule has 0 saturated heterocycles. The van der Waals surface area contributed by atoms with Crippen LogP contribution in [0, 0.1) is 0 Å². The van der Waals surface area contributed by atoms with E-state index in [0.717, 1.165) is 22.3 Å². The van der Waals surface area contributed by atoms with Crippen molar-refractivity contribution in [3.05, 3.63) is 35.2 Å². The van der Waals surface area contributed by atoms with Crippen LogP contribution in [0.2, 0.25) is 0 Å². The first-order valence-electron chi connectivity index (χ1n) is 4.44. The van der Waals surface area contributed by atoms with E-state index in [1.54, 1.807) is 6.20 Å². The van der Waals surface area contributed by atoms with Crippen molar-refractivity contribution in [2.24, 2.45) is 0 Å². The van der Waals surface area contributed by atoms with Crippen molar-refractivity contribution in [3.63, 3.8) is 0 Å². The fraction of sp³-hybridized carbons (Fsp3) is 0.200. The number of halogens is 1. The van der Waals surface area contributed by atoms with E-state index in [4.69, 9.17) is 0 Å². The predicted molar refractivity (Wildman–Crippen MR) is 58.8 cm³/mol. The molecular weight excluding hydrogens is 242 g/mol. The van der Waals surface area contributed by atoms with Crippen LogP contribution in [0.5, 0.6) is 0 Å². The van der Waals surface area contributed by atoms with Gasteiger partial charge in [-0.1, -0.05) is 0 Å². The second-order valence-corrected chi connectivity index (χ2v) is 3.86. The average Bonchev–Trinajstić information content (AvgIpc) is 2.67. The molecule has 0 bridgehead atoms. The van der Waals surface area contributed by atoms with Gasteiger partial charge in [0.05, 0.1) is 11.9 Å². The van der Waals surface area contributed by atoms with E-state index in [-0.39, 0.29) is 0 Å². The summed E-state index contributed by atoms with van der Waals surface area (Å²) in [6.45, 7) is 2.95. The van der Waals surface area contributed by atoms with Crippen LogP contribution in [-0.2, 0) is 6.54 Å². The van der Waals surface area contributed by atoms with Gasteiger partial charge in [0, 0.05) is 29.0 Å². The van der Waals surface area contributed by atoms with E-state index in [1.165, 1.54) is 0 Å². The number of rotatable bonds is 2. The Balaban J connectivity index is 2.34. The van der Waals surface area contributed by atoms with Crippen LogP contribution < -0.4 is 0 Å². The monoisotopic (exact) mass is 251 g/mol. The van der Waals surface area contributed by atoms with E-state index in [1.807, 2.05) is 29.2 Å². The summed E-state index contributed by atoms with van der Waals surface area (Å²) in [5, 5.41) is 4.20. The van der Waals surface area contributed by atoms with Gasteiger partial charge in [-0.3, -0.25) is 9.67 Å². The Hall–Kier alpha value is -1.16. The molecule has 0 aromatic carbocycles. The minimum Gasteiger partial charge on any atom is -0.272 e. The smallest absolute Gasteiger partial charge is 0.0734 e. The minimum atomic E-state index is 0.885. The molecule has 2 aromatic heterocycles. The van der Waals surface area contributed by atoms with Crippen molar-refractivity contribution in [1.29, 1.82) is 0 Å². The lowest BCUT2D eigenvalue weighted by Crippen LogP contribution is -1.92. The third-order valence-electron chi connectivity index (χ3n) is 1.98. The summed E-state index contributed by atoms with van der Waals surface area (Å²) in [7, 11) is 0. The first-order valence-corrected chi connectivity index (χ1v) is 5.23. The lowest BCUT2D eigenvalue weighted by molar-refractivity contribution is 0.660. The molecule has 0 aliphatic rings. The van der Waals surface area contributed by atoms with Gasteiger partial charge in [0.25, 0.3) is 0 Å². The summed E-state index contributed by atoms with van der Waals surface area (Å²) < 4.78 is 2.88. The normalized spacial score (nSPS) is 10.4. The van der Waals surface area contributed by atoms with Gasteiger partial charge in [-0.15, -0.1) is 0 Å². The molecule has 0 saturated carbocycles. The number of aryl methyl sites for hydroxylation is 1. The highest BCUT2D eigenvalue weighted by atomic mass is 79.9. The molecule has 2 aromatic rings. The molecule has 0 N–H and O–H groups in total. The largest absolute Gasteiger partial charge is 0.272 e. The van der Waals surface area contributed by atoms with Crippen LogP contribution >= 0.6 is 15.9 Å². The molecule has 2 heterocycles. The zero-order valence-electron chi connectivity index (χ0n) is 7.81. The first-order chi connectivity index (χ1) is 6.79. The fourth-order valence-electron chi connectivity index (χ4n) is 1.22. The quantitative estimate of drug-likeness (QED) is 0.822. The summed E-state index contributed by atoms with van der Waals surface area (Å²) in [4.78, 5) is 4.30. The van der Waals surface area contributed by atoms with Gasteiger partial charge in [-0.25, -0.2) is 0 Å². The summed E-state index contributed by atoms with van der Waals surface area (Å²) in [6.07, 6.45) is 5.62. The summed E-state index contributed by atoms with van der Waals surface area (Å²) in [5.74, 6) is 0. The average molecular weight is 252 g/mol. The number of hydrogen-bond donors (Lipinski definition) is 0. The lowest BCUT2D eigenvalue weighted by atomic mass is 10.2.